The molecule has 1 unspecified atom stereocenters. The molecule has 0 radical (unpaired) electrons. The van der Waals surface area contributed by atoms with E-state index in [-0.39, 0.29) is 43.4 Å². The van der Waals surface area contributed by atoms with Gasteiger partial charge in [-0.2, -0.15) is 0 Å². The normalized spacial score (nSPS) is 35.9. The summed E-state index contributed by atoms with van der Waals surface area (Å²) in [6.45, 7) is 8.78. The zero-order valence-electron chi connectivity index (χ0n) is 25.2. The van der Waals surface area contributed by atoms with Crippen LogP contribution >= 0.6 is 0 Å². The molecule has 2 bridgehead atoms. The number of hydrogen-bond acceptors (Lipinski definition) is 5. The molecule has 5 atom stereocenters. The number of fused-ring (bicyclic) bond motifs is 5. The molecule has 3 amide bonds. The van der Waals surface area contributed by atoms with Crippen LogP contribution in [0.15, 0.2) is 54.8 Å². The van der Waals surface area contributed by atoms with Gasteiger partial charge in [-0.3, -0.25) is 0 Å². The Morgan fingerprint density at radius 1 is 1.02 bits per heavy atom. The fourth-order valence-corrected chi connectivity index (χ4v) is 11.8. The number of benzene rings is 2. The fourth-order valence-electron chi connectivity index (χ4n) is 9.49. The molecule has 1 saturated carbocycles. The molecule has 2 aromatic rings. The van der Waals surface area contributed by atoms with E-state index in [0.717, 1.165) is 5.56 Å². The van der Waals surface area contributed by atoms with Crippen LogP contribution < -0.4 is 19.3 Å². The second kappa shape index (κ2) is 8.45. The van der Waals surface area contributed by atoms with Gasteiger partial charge in [0.2, 0.25) is 0 Å². The van der Waals surface area contributed by atoms with Gasteiger partial charge in [0.25, 0.3) is 0 Å². The van der Waals surface area contributed by atoms with Gasteiger partial charge in [0.1, 0.15) is 5.60 Å². The van der Waals surface area contributed by atoms with Gasteiger partial charge in [0.05, 0.1) is 0 Å². The van der Waals surface area contributed by atoms with Crippen LogP contribution in [-0.4, -0.2) is 72.7 Å². The van der Waals surface area contributed by atoms with Crippen molar-refractivity contribution in [2.24, 2.45) is 11.3 Å². The van der Waals surface area contributed by atoms with Gasteiger partial charge < -0.3 is 0 Å². The standard InChI is InChI=1S/C34H37N3O5Se/c1-30(2)15-16-41-26-22(42-30)12-11-21-25(26)35-28(39)34(21)18-33-19-37-27(38)23(43-20-9-7-6-8-10-20)13-14-32(37,29(40)36(33)5)17-24(33)31(34,3)4/h6-12,15-16,23-24H,13-14,17-19H2,1-5H3,(H,35,39)/t23?,24-,32-,33+,34+/m0/s1. The molecule has 5 fully saturated rings. The first-order valence-corrected chi connectivity index (χ1v) is 17.0. The monoisotopic (exact) mass is 647 g/mol. The molecule has 2 aromatic carbocycles. The van der Waals surface area contributed by atoms with Crippen molar-refractivity contribution in [2.75, 3.05) is 18.9 Å². The first-order chi connectivity index (χ1) is 20.4. The summed E-state index contributed by atoms with van der Waals surface area (Å²) in [5, 5.41) is 3.20. The Kier molecular flexibility index (Phi) is 5.36. The van der Waals surface area contributed by atoms with Gasteiger partial charge in [-0.15, -0.1) is 0 Å². The fraction of sp³-hybridized carbons (Fsp3) is 0.500. The number of piperazine rings is 1. The van der Waals surface area contributed by atoms with Gasteiger partial charge in [0, 0.05) is 0 Å². The summed E-state index contributed by atoms with van der Waals surface area (Å²) in [7, 11) is 1.90. The van der Waals surface area contributed by atoms with E-state index in [4.69, 9.17) is 9.47 Å². The summed E-state index contributed by atoms with van der Waals surface area (Å²) < 4.78 is 13.5. The van der Waals surface area contributed by atoms with Gasteiger partial charge in [-0.25, -0.2) is 0 Å². The van der Waals surface area contributed by atoms with Crippen LogP contribution in [0.5, 0.6) is 11.5 Å². The Bertz CT molecular complexity index is 1640. The second-order valence-electron chi connectivity index (χ2n) is 14.3. The second-order valence-corrected chi connectivity index (χ2v) is 17.0. The SMILES string of the molecule is CN1C(=O)[C@@]23CCC([Se]c4ccccc4)C(=O)N2C[C@@]12C[C@@]1(C(=O)Nc4c1ccc1c4OC=CC(C)(C)O1)C(C)(C)[C@@H]2C3. The zero-order chi connectivity index (χ0) is 30.2. The molecule has 8 nitrogen and oxygen atoms in total. The van der Waals surface area contributed by atoms with E-state index >= 15 is 0 Å². The van der Waals surface area contributed by atoms with E-state index in [0.29, 0.717) is 49.4 Å². The Hall–Kier alpha value is -3.29. The summed E-state index contributed by atoms with van der Waals surface area (Å²) in [5.41, 5.74) is -1.92. The van der Waals surface area contributed by atoms with Crippen molar-refractivity contribution in [3.05, 3.63) is 60.4 Å². The number of anilines is 1. The van der Waals surface area contributed by atoms with Crippen molar-refractivity contribution in [2.45, 2.75) is 80.3 Å². The Morgan fingerprint density at radius 3 is 2.56 bits per heavy atom. The number of carbonyl (C=O) groups is 3. The number of likely N-dealkylation sites (N-methyl/N-ethyl adjacent to an activating group) is 1. The van der Waals surface area contributed by atoms with Crippen molar-refractivity contribution >= 4 is 42.8 Å². The van der Waals surface area contributed by atoms with E-state index in [1.54, 1.807) is 6.26 Å². The summed E-state index contributed by atoms with van der Waals surface area (Å²) in [4.78, 5) is 46.7. The summed E-state index contributed by atoms with van der Waals surface area (Å²) >= 11 is -0.00794. The molecule has 4 saturated heterocycles. The maximum atomic E-state index is 14.4. The van der Waals surface area contributed by atoms with Crippen molar-refractivity contribution in [3.8, 4) is 11.5 Å². The summed E-state index contributed by atoms with van der Waals surface area (Å²) in [5.74, 6) is 1.20. The molecular weight excluding hydrogens is 609 g/mol. The molecule has 6 heterocycles. The van der Waals surface area contributed by atoms with E-state index < -0.39 is 27.5 Å². The van der Waals surface area contributed by atoms with E-state index in [1.165, 1.54) is 4.46 Å². The van der Waals surface area contributed by atoms with Crippen molar-refractivity contribution in [3.63, 3.8) is 0 Å². The van der Waals surface area contributed by atoms with Crippen LogP contribution in [0, 0.1) is 11.3 Å². The van der Waals surface area contributed by atoms with Crippen molar-refractivity contribution in [1.82, 2.24) is 9.80 Å². The number of piperidine rings is 3. The Morgan fingerprint density at radius 2 is 1.79 bits per heavy atom. The van der Waals surface area contributed by atoms with Crippen LogP contribution in [0.2, 0.25) is 4.82 Å². The predicted molar refractivity (Wildman–Crippen MR) is 162 cm³/mol. The first kappa shape index (κ1) is 27.3. The third-order valence-corrected chi connectivity index (χ3v) is 14.3. The van der Waals surface area contributed by atoms with E-state index in [1.807, 2.05) is 67.1 Å². The van der Waals surface area contributed by atoms with Crippen molar-refractivity contribution in [1.29, 1.82) is 0 Å². The molecular formula is C34H37N3O5Se. The summed E-state index contributed by atoms with van der Waals surface area (Å²) in [6, 6.07) is 14.2. The van der Waals surface area contributed by atoms with Gasteiger partial charge in [-0.1, -0.05) is 0 Å². The molecule has 1 aliphatic carbocycles. The molecule has 3 spiro atoms. The predicted octanol–water partition coefficient (Wildman–Crippen LogP) is 3.78. The number of hydrogen-bond donors (Lipinski definition) is 1. The van der Waals surface area contributed by atoms with E-state index in [9.17, 15) is 14.4 Å². The minimum absolute atomic E-state index is 0.00794. The summed E-state index contributed by atoms with van der Waals surface area (Å²) in [6.07, 6.45) is 5.91. The topological polar surface area (TPSA) is 88.2 Å². The third kappa shape index (κ3) is 3.25. The molecule has 6 aliphatic heterocycles. The Labute approximate surface area is 258 Å². The molecule has 9 rings (SSSR count). The molecule has 9 heteroatoms. The third-order valence-electron chi connectivity index (χ3n) is 11.7. The number of nitrogens with zero attached hydrogens (tertiary/aromatic N) is 2. The molecule has 43 heavy (non-hydrogen) atoms. The number of carbonyl (C=O) groups excluding carboxylic acids is 3. The average Bonchev–Trinajstić information content (AvgIpc) is 3.29. The molecule has 224 valence electrons. The Balaban J connectivity index is 1.22. The zero-order valence-corrected chi connectivity index (χ0v) is 26.9. The van der Waals surface area contributed by atoms with Gasteiger partial charge in [-0.05, 0) is 19.9 Å². The molecule has 7 aliphatic rings. The maximum absolute atomic E-state index is 14.4. The number of amides is 3. The minimum atomic E-state index is -0.901. The average molecular weight is 647 g/mol. The van der Waals surface area contributed by atoms with Crippen LogP contribution in [0.4, 0.5) is 5.69 Å². The number of ether oxygens (including phenoxy) is 2. The van der Waals surface area contributed by atoms with Crippen LogP contribution in [-0.2, 0) is 19.8 Å². The number of nitrogens with one attached hydrogen (secondary N) is 1. The van der Waals surface area contributed by atoms with Crippen LogP contribution in [0.1, 0.15) is 58.9 Å². The molecule has 0 aromatic heterocycles. The molecule has 1 N–H and O–H groups in total. The van der Waals surface area contributed by atoms with Crippen LogP contribution in [0.25, 0.3) is 0 Å². The van der Waals surface area contributed by atoms with Gasteiger partial charge >= 0.3 is 233 Å². The van der Waals surface area contributed by atoms with Crippen molar-refractivity contribution < 1.29 is 23.9 Å². The first-order valence-electron chi connectivity index (χ1n) is 15.2. The van der Waals surface area contributed by atoms with Crippen LogP contribution in [0.3, 0.4) is 0 Å². The number of rotatable bonds is 2. The van der Waals surface area contributed by atoms with Gasteiger partial charge in [0.15, 0.2) is 0 Å². The quantitative estimate of drug-likeness (QED) is 0.503. The van der Waals surface area contributed by atoms with E-state index in [2.05, 4.69) is 31.3 Å².